The predicted molar refractivity (Wildman–Crippen MR) is 61.0 cm³/mol. The van der Waals surface area contributed by atoms with Crippen molar-refractivity contribution in [3.8, 4) is 0 Å². The Morgan fingerprint density at radius 3 is 2.67 bits per heavy atom. The highest BCUT2D eigenvalue weighted by Crippen LogP contribution is 2.20. The number of rotatable bonds is 4. The van der Waals surface area contributed by atoms with Crippen LogP contribution in [0.2, 0.25) is 0 Å². The number of hydrogen-bond acceptors (Lipinski definition) is 2. The molecule has 3 N–H and O–H groups in total. The Hall–Kier alpha value is -1.51. The summed E-state index contributed by atoms with van der Waals surface area (Å²) in [5.41, 5.74) is 7.45. The number of nitrogen functional groups attached to an aromatic ring is 1. The van der Waals surface area contributed by atoms with E-state index >= 15 is 0 Å². The number of benzene rings is 1. The van der Waals surface area contributed by atoms with Gasteiger partial charge in [0.05, 0.1) is 5.56 Å². The van der Waals surface area contributed by atoms with E-state index in [4.69, 9.17) is 10.8 Å². The number of anilines is 1. The predicted octanol–water partition coefficient (Wildman–Crippen LogP) is 2.56. The summed E-state index contributed by atoms with van der Waals surface area (Å²) in [7, 11) is 0. The quantitative estimate of drug-likeness (QED) is 0.746. The van der Waals surface area contributed by atoms with Gasteiger partial charge in [-0.15, -0.1) is 0 Å². The SMILES string of the molecule is CC(C)CCc1c(N)cccc1C(=O)O. The molecule has 0 aliphatic heterocycles. The highest BCUT2D eigenvalue weighted by atomic mass is 16.4. The first-order chi connectivity index (χ1) is 7.02. The van der Waals surface area contributed by atoms with Gasteiger partial charge in [-0.3, -0.25) is 0 Å². The topological polar surface area (TPSA) is 63.3 Å². The van der Waals surface area contributed by atoms with Crippen LogP contribution in [-0.4, -0.2) is 11.1 Å². The second-order valence-corrected chi connectivity index (χ2v) is 4.11. The minimum atomic E-state index is -0.902. The highest BCUT2D eigenvalue weighted by molar-refractivity contribution is 5.91. The molecule has 0 amide bonds. The molecule has 1 aromatic rings. The Bertz CT molecular complexity index is 359. The third-order valence-electron chi connectivity index (χ3n) is 2.41. The highest BCUT2D eigenvalue weighted by Gasteiger charge is 2.12. The van der Waals surface area contributed by atoms with Gasteiger partial charge in [-0.1, -0.05) is 19.9 Å². The fourth-order valence-electron chi connectivity index (χ4n) is 1.52. The van der Waals surface area contributed by atoms with Crippen molar-refractivity contribution in [1.29, 1.82) is 0 Å². The number of carboxylic acid groups (broad SMARTS) is 1. The van der Waals surface area contributed by atoms with Crippen molar-refractivity contribution in [2.75, 3.05) is 5.73 Å². The molecule has 0 unspecified atom stereocenters. The van der Waals surface area contributed by atoms with E-state index in [0.29, 0.717) is 17.2 Å². The van der Waals surface area contributed by atoms with Gasteiger partial charge in [0.25, 0.3) is 0 Å². The lowest BCUT2D eigenvalue weighted by atomic mass is 9.97. The molecule has 0 aliphatic rings. The van der Waals surface area contributed by atoms with Crippen molar-refractivity contribution in [1.82, 2.24) is 0 Å². The van der Waals surface area contributed by atoms with Gasteiger partial charge < -0.3 is 10.8 Å². The van der Waals surface area contributed by atoms with Crippen molar-refractivity contribution in [3.05, 3.63) is 29.3 Å². The molecule has 0 atom stereocenters. The molecule has 0 radical (unpaired) electrons. The van der Waals surface area contributed by atoms with E-state index < -0.39 is 5.97 Å². The molecule has 0 saturated carbocycles. The first-order valence-corrected chi connectivity index (χ1v) is 5.13. The zero-order chi connectivity index (χ0) is 11.4. The Kier molecular flexibility index (Phi) is 3.72. The molecule has 1 aromatic carbocycles. The van der Waals surface area contributed by atoms with Crippen LogP contribution < -0.4 is 5.73 Å². The molecule has 0 aromatic heterocycles. The average molecular weight is 207 g/mol. The summed E-state index contributed by atoms with van der Waals surface area (Å²) in [6.07, 6.45) is 1.68. The van der Waals surface area contributed by atoms with Crippen LogP contribution >= 0.6 is 0 Å². The van der Waals surface area contributed by atoms with Crippen LogP contribution in [0.1, 0.15) is 36.2 Å². The van der Waals surface area contributed by atoms with Gasteiger partial charge in [0.1, 0.15) is 0 Å². The summed E-state index contributed by atoms with van der Waals surface area (Å²) in [5, 5.41) is 9.00. The fraction of sp³-hybridized carbons (Fsp3) is 0.417. The van der Waals surface area contributed by atoms with E-state index in [1.807, 2.05) is 0 Å². The number of carboxylic acids is 1. The molecule has 0 saturated heterocycles. The van der Waals surface area contributed by atoms with Gasteiger partial charge in [0, 0.05) is 5.69 Å². The second-order valence-electron chi connectivity index (χ2n) is 4.11. The van der Waals surface area contributed by atoms with Crippen molar-refractivity contribution < 1.29 is 9.90 Å². The molecular formula is C12H17NO2. The van der Waals surface area contributed by atoms with E-state index in [-0.39, 0.29) is 0 Å². The number of nitrogens with two attached hydrogens (primary N) is 1. The Labute approximate surface area is 89.9 Å². The Morgan fingerprint density at radius 2 is 2.13 bits per heavy atom. The van der Waals surface area contributed by atoms with Crippen molar-refractivity contribution in [3.63, 3.8) is 0 Å². The maximum atomic E-state index is 11.0. The fourth-order valence-corrected chi connectivity index (χ4v) is 1.52. The second kappa shape index (κ2) is 4.82. The smallest absolute Gasteiger partial charge is 0.336 e. The zero-order valence-corrected chi connectivity index (χ0v) is 9.16. The summed E-state index contributed by atoms with van der Waals surface area (Å²) in [5.74, 6) is -0.354. The summed E-state index contributed by atoms with van der Waals surface area (Å²) >= 11 is 0. The summed E-state index contributed by atoms with van der Waals surface area (Å²) < 4.78 is 0. The molecule has 82 valence electrons. The van der Waals surface area contributed by atoms with Crippen LogP contribution in [0.5, 0.6) is 0 Å². The monoisotopic (exact) mass is 207 g/mol. The van der Waals surface area contributed by atoms with Crippen LogP contribution in [0, 0.1) is 5.92 Å². The van der Waals surface area contributed by atoms with Gasteiger partial charge in [-0.2, -0.15) is 0 Å². The Balaban J connectivity index is 2.97. The zero-order valence-electron chi connectivity index (χ0n) is 9.16. The summed E-state index contributed by atoms with van der Waals surface area (Å²) in [6, 6.07) is 5.04. The first-order valence-electron chi connectivity index (χ1n) is 5.13. The van der Waals surface area contributed by atoms with Crippen LogP contribution in [0.15, 0.2) is 18.2 Å². The first kappa shape index (κ1) is 11.6. The maximum Gasteiger partial charge on any atom is 0.336 e. The molecule has 3 heteroatoms. The molecule has 3 nitrogen and oxygen atoms in total. The summed E-state index contributed by atoms with van der Waals surface area (Å²) in [4.78, 5) is 11.0. The minimum Gasteiger partial charge on any atom is -0.478 e. The number of hydrogen-bond donors (Lipinski definition) is 2. The number of carbonyl (C=O) groups is 1. The van der Waals surface area contributed by atoms with Crippen LogP contribution in [0.25, 0.3) is 0 Å². The van der Waals surface area contributed by atoms with Crippen molar-refractivity contribution in [2.24, 2.45) is 5.92 Å². The third kappa shape index (κ3) is 2.98. The normalized spacial score (nSPS) is 10.6. The van der Waals surface area contributed by atoms with Crippen LogP contribution in [0.3, 0.4) is 0 Å². The van der Waals surface area contributed by atoms with E-state index in [0.717, 1.165) is 18.4 Å². The lowest BCUT2D eigenvalue weighted by Gasteiger charge is -2.10. The molecule has 0 fully saturated rings. The van der Waals surface area contributed by atoms with E-state index in [1.165, 1.54) is 0 Å². The molecule has 1 rings (SSSR count). The van der Waals surface area contributed by atoms with Crippen LogP contribution in [0.4, 0.5) is 5.69 Å². The van der Waals surface area contributed by atoms with Crippen LogP contribution in [-0.2, 0) is 6.42 Å². The molecule has 0 heterocycles. The molecular weight excluding hydrogens is 190 g/mol. The third-order valence-corrected chi connectivity index (χ3v) is 2.41. The van der Waals surface area contributed by atoms with Gasteiger partial charge in [-0.05, 0) is 36.5 Å². The van der Waals surface area contributed by atoms with Crippen molar-refractivity contribution in [2.45, 2.75) is 26.7 Å². The lowest BCUT2D eigenvalue weighted by Crippen LogP contribution is -2.07. The Morgan fingerprint density at radius 1 is 1.47 bits per heavy atom. The lowest BCUT2D eigenvalue weighted by molar-refractivity contribution is 0.0695. The molecule has 15 heavy (non-hydrogen) atoms. The summed E-state index contributed by atoms with van der Waals surface area (Å²) in [6.45, 7) is 4.22. The standard InChI is InChI=1S/C12H17NO2/c1-8(2)6-7-9-10(12(14)15)4-3-5-11(9)13/h3-5,8H,6-7,13H2,1-2H3,(H,14,15). The molecule has 0 aliphatic carbocycles. The number of aromatic carboxylic acids is 1. The van der Waals surface area contributed by atoms with E-state index in [1.54, 1.807) is 18.2 Å². The van der Waals surface area contributed by atoms with E-state index in [9.17, 15) is 4.79 Å². The van der Waals surface area contributed by atoms with Gasteiger partial charge in [0.15, 0.2) is 0 Å². The molecule has 0 spiro atoms. The van der Waals surface area contributed by atoms with Gasteiger partial charge in [-0.25, -0.2) is 4.79 Å². The van der Waals surface area contributed by atoms with Gasteiger partial charge >= 0.3 is 5.97 Å². The van der Waals surface area contributed by atoms with Gasteiger partial charge in [0.2, 0.25) is 0 Å². The van der Waals surface area contributed by atoms with Crippen molar-refractivity contribution >= 4 is 11.7 Å². The molecule has 0 bridgehead atoms. The van der Waals surface area contributed by atoms with E-state index in [2.05, 4.69) is 13.8 Å². The largest absolute Gasteiger partial charge is 0.478 e. The minimum absolute atomic E-state index is 0.329. The average Bonchev–Trinajstić information content (AvgIpc) is 2.15. The maximum absolute atomic E-state index is 11.0.